The molecule has 0 radical (unpaired) electrons. The summed E-state index contributed by atoms with van der Waals surface area (Å²) in [5.74, 6) is 1.80. The van der Waals surface area contributed by atoms with Crippen molar-refractivity contribution in [2.75, 3.05) is 26.7 Å². The van der Waals surface area contributed by atoms with Crippen molar-refractivity contribution < 1.29 is 4.74 Å². The molecule has 1 aromatic rings. The second-order valence-corrected chi connectivity index (χ2v) is 6.09. The number of fused-ring (bicyclic) bond motifs is 1. The number of hydrogen-bond acceptors (Lipinski definition) is 3. The Morgan fingerprint density at radius 3 is 3.00 bits per heavy atom. The lowest BCUT2D eigenvalue weighted by Crippen LogP contribution is -2.49. The zero-order valence-corrected chi connectivity index (χ0v) is 11.9. The SMILES string of the molecule is CC1CN(C)CCC1NCC1Cc2ccccc2O1. The van der Waals surface area contributed by atoms with Crippen molar-refractivity contribution in [2.45, 2.75) is 31.9 Å². The van der Waals surface area contributed by atoms with Gasteiger partial charge in [0.2, 0.25) is 0 Å². The van der Waals surface area contributed by atoms with Crippen LogP contribution < -0.4 is 10.1 Å². The molecule has 3 nitrogen and oxygen atoms in total. The predicted molar refractivity (Wildman–Crippen MR) is 77.6 cm³/mol. The molecule has 0 spiro atoms. The highest BCUT2D eigenvalue weighted by molar-refractivity contribution is 5.37. The van der Waals surface area contributed by atoms with E-state index in [4.69, 9.17) is 4.74 Å². The number of piperidine rings is 1. The van der Waals surface area contributed by atoms with Crippen LogP contribution in [0.25, 0.3) is 0 Å². The third-order valence-electron chi connectivity index (χ3n) is 4.43. The van der Waals surface area contributed by atoms with Crippen molar-refractivity contribution in [1.82, 2.24) is 10.2 Å². The molecule has 3 unspecified atom stereocenters. The van der Waals surface area contributed by atoms with Crippen LogP contribution >= 0.6 is 0 Å². The van der Waals surface area contributed by atoms with Gasteiger partial charge in [0.1, 0.15) is 11.9 Å². The van der Waals surface area contributed by atoms with E-state index in [0.717, 1.165) is 24.6 Å². The molecule has 0 aliphatic carbocycles. The summed E-state index contributed by atoms with van der Waals surface area (Å²) in [6.07, 6.45) is 2.60. The molecule has 1 fully saturated rings. The summed E-state index contributed by atoms with van der Waals surface area (Å²) in [6.45, 7) is 5.71. The van der Waals surface area contributed by atoms with Gasteiger partial charge in [0.25, 0.3) is 0 Å². The first-order chi connectivity index (χ1) is 9.22. The maximum Gasteiger partial charge on any atom is 0.123 e. The Labute approximate surface area is 115 Å². The van der Waals surface area contributed by atoms with Crippen LogP contribution in [-0.4, -0.2) is 43.7 Å². The molecule has 0 aromatic heterocycles. The summed E-state index contributed by atoms with van der Waals surface area (Å²) in [5.41, 5.74) is 1.35. The van der Waals surface area contributed by atoms with Gasteiger partial charge in [-0.1, -0.05) is 25.1 Å². The smallest absolute Gasteiger partial charge is 0.123 e. The zero-order valence-electron chi connectivity index (χ0n) is 11.9. The van der Waals surface area contributed by atoms with Crippen LogP contribution in [0.2, 0.25) is 0 Å². The largest absolute Gasteiger partial charge is 0.488 e. The summed E-state index contributed by atoms with van der Waals surface area (Å²) in [5, 5.41) is 3.72. The van der Waals surface area contributed by atoms with Gasteiger partial charge in [-0.05, 0) is 37.6 Å². The third-order valence-corrected chi connectivity index (χ3v) is 4.43. The van der Waals surface area contributed by atoms with Crippen LogP contribution in [0.5, 0.6) is 5.75 Å². The van der Waals surface area contributed by atoms with E-state index in [0.29, 0.717) is 12.1 Å². The highest BCUT2D eigenvalue weighted by Gasteiger charge is 2.27. The van der Waals surface area contributed by atoms with Gasteiger partial charge in [-0.2, -0.15) is 0 Å². The van der Waals surface area contributed by atoms with Crippen molar-refractivity contribution in [2.24, 2.45) is 5.92 Å². The van der Waals surface area contributed by atoms with E-state index < -0.39 is 0 Å². The molecule has 0 bridgehead atoms. The minimum absolute atomic E-state index is 0.309. The van der Waals surface area contributed by atoms with E-state index in [2.05, 4.69) is 42.4 Å². The van der Waals surface area contributed by atoms with Crippen molar-refractivity contribution in [3.8, 4) is 5.75 Å². The number of rotatable bonds is 3. The van der Waals surface area contributed by atoms with Crippen LogP contribution in [-0.2, 0) is 6.42 Å². The normalized spacial score (nSPS) is 30.9. The Bertz CT molecular complexity index is 410. The number of nitrogens with one attached hydrogen (secondary N) is 1. The number of hydrogen-bond donors (Lipinski definition) is 1. The molecule has 2 aliphatic rings. The van der Waals surface area contributed by atoms with Gasteiger partial charge in [0, 0.05) is 25.6 Å². The van der Waals surface area contributed by atoms with Crippen LogP contribution in [0.15, 0.2) is 24.3 Å². The Balaban J connectivity index is 1.49. The zero-order chi connectivity index (χ0) is 13.2. The van der Waals surface area contributed by atoms with E-state index in [-0.39, 0.29) is 0 Å². The van der Waals surface area contributed by atoms with E-state index in [1.165, 1.54) is 25.1 Å². The van der Waals surface area contributed by atoms with Gasteiger partial charge < -0.3 is 15.0 Å². The van der Waals surface area contributed by atoms with Gasteiger partial charge in [-0.15, -0.1) is 0 Å². The van der Waals surface area contributed by atoms with Gasteiger partial charge >= 0.3 is 0 Å². The Morgan fingerprint density at radius 1 is 1.37 bits per heavy atom. The van der Waals surface area contributed by atoms with E-state index in [9.17, 15) is 0 Å². The average molecular weight is 260 g/mol. The monoisotopic (exact) mass is 260 g/mol. The second-order valence-electron chi connectivity index (χ2n) is 6.09. The number of para-hydroxylation sites is 1. The van der Waals surface area contributed by atoms with E-state index >= 15 is 0 Å². The third kappa shape index (κ3) is 2.93. The lowest BCUT2D eigenvalue weighted by atomic mass is 9.94. The van der Waals surface area contributed by atoms with Crippen molar-refractivity contribution in [1.29, 1.82) is 0 Å². The fourth-order valence-electron chi connectivity index (χ4n) is 3.31. The first kappa shape index (κ1) is 12.9. The maximum atomic E-state index is 5.98. The minimum atomic E-state index is 0.309. The molecular weight excluding hydrogens is 236 g/mol. The van der Waals surface area contributed by atoms with Gasteiger partial charge in [-0.25, -0.2) is 0 Å². The molecule has 1 saturated heterocycles. The Kier molecular flexibility index (Phi) is 3.76. The summed E-state index contributed by atoms with van der Waals surface area (Å²) in [6, 6.07) is 9.04. The standard InChI is InChI=1S/C16H24N2O/c1-12-11-18(2)8-7-15(12)17-10-14-9-13-5-3-4-6-16(13)19-14/h3-6,12,14-15,17H,7-11H2,1-2H3. The number of nitrogens with zero attached hydrogens (tertiary/aromatic N) is 1. The molecule has 3 atom stereocenters. The number of likely N-dealkylation sites (tertiary alicyclic amines) is 1. The fourth-order valence-corrected chi connectivity index (χ4v) is 3.31. The van der Waals surface area contributed by atoms with E-state index in [1.54, 1.807) is 0 Å². The summed E-state index contributed by atoms with van der Waals surface area (Å²) >= 11 is 0. The second kappa shape index (κ2) is 5.51. The molecule has 104 valence electrons. The number of benzene rings is 1. The lowest BCUT2D eigenvalue weighted by Gasteiger charge is -2.35. The number of ether oxygens (including phenoxy) is 1. The topological polar surface area (TPSA) is 24.5 Å². The van der Waals surface area contributed by atoms with Gasteiger partial charge in [-0.3, -0.25) is 0 Å². The fraction of sp³-hybridized carbons (Fsp3) is 0.625. The van der Waals surface area contributed by atoms with Crippen molar-refractivity contribution >= 4 is 0 Å². The average Bonchev–Trinajstić information content (AvgIpc) is 2.80. The molecule has 1 N–H and O–H groups in total. The molecule has 3 heteroatoms. The quantitative estimate of drug-likeness (QED) is 0.898. The molecular formula is C16H24N2O. The van der Waals surface area contributed by atoms with Crippen LogP contribution in [0.1, 0.15) is 18.9 Å². The summed E-state index contributed by atoms with van der Waals surface area (Å²) < 4.78 is 5.98. The Hall–Kier alpha value is -1.06. The lowest BCUT2D eigenvalue weighted by molar-refractivity contribution is 0.156. The van der Waals surface area contributed by atoms with Crippen molar-refractivity contribution in [3.05, 3.63) is 29.8 Å². The molecule has 2 heterocycles. The maximum absolute atomic E-state index is 5.98. The molecule has 19 heavy (non-hydrogen) atoms. The highest BCUT2D eigenvalue weighted by atomic mass is 16.5. The molecule has 1 aromatic carbocycles. The Morgan fingerprint density at radius 2 is 2.21 bits per heavy atom. The summed E-state index contributed by atoms with van der Waals surface area (Å²) in [4.78, 5) is 2.42. The predicted octanol–water partition coefficient (Wildman–Crippen LogP) is 1.92. The van der Waals surface area contributed by atoms with Gasteiger partial charge in [0.15, 0.2) is 0 Å². The molecule has 2 aliphatic heterocycles. The molecule has 0 saturated carbocycles. The molecule has 3 rings (SSSR count). The first-order valence-electron chi connectivity index (χ1n) is 7.39. The van der Waals surface area contributed by atoms with E-state index in [1.807, 2.05) is 6.07 Å². The first-order valence-corrected chi connectivity index (χ1v) is 7.39. The molecule has 0 amide bonds. The minimum Gasteiger partial charge on any atom is -0.488 e. The van der Waals surface area contributed by atoms with Gasteiger partial charge in [0.05, 0.1) is 0 Å². The van der Waals surface area contributed by atoms with Crippen LogP contribution in [0.4, 0.5) is 0 Å². The van der Waals surface area contributed by atoms with Crippen molar-refractivity contribution in [3.63, 3.8) is 0 Å². The highest BCUT2D eigenvalue weighted by Crippen LogP contribution is 2.28. The summed E-state index contributed by atoms with van der Waals surface area (Å²) in [7, 11) is 2.21. The van der Waals surface area contributed by atoms with Crippen LogP contribution in [0, 0.1) is 5.92 Å². The van der Waals surface area contributed by atoms with Crippen LogP contribution in [0.3, 0.4) is 0 Å².